The molecule has 0 saturated carbocycles. The molecule has 1 unspecified atom stereocenters. The summed E-state index contributed by atoms with van der Waals surface area (Å²) >= 11 is 0. The summed E-state index contributed by atoms with van der Waals surface area (Å²) in [6.45, 7) is 3.23. The van der Waals surface area contributed by atoms with Crippen LogP contribution in [0.3, 0.4) is 0 Å². The van der Waals surface area contributed by atoms with Crippen LogP contribution in [0.2, 0.25) is 0 Å². The Morgan fingerprint density at radius 2 is 1.95 bits per heavy atom. The number of sulfone groups is 1. The molecule has 0 N–H and O–H groups in total. The van der Waals surface area contributed by atoms with Crippen LogP contribution in [0.5, 0.6) is 0 Å². The van der Waals surface area contributed by atoms with Gasteiger partial charge in [0.15, 0.2) is 15.7 Å². The topological polar surface area (TPSA) is 73.1 Å². The molecule has 0 bridgehead atoms. The van der Waals surface area contributed by atoms with Crippen molar-refractivity contribution < 1.29 is 12.9 Å². The fourth-order valence-electron chi connectivity index (χ4n) is 1.72. The molecule has 0 amide bonds. The van der Waals surface area contributed by atoms with Crippen molar-refractivity contribution in [3.8, 4) is 0 Å². The number of nitrogens with zero attached hydrogens (tertiary/aromatic N) is 2. The highest BCUT2D eigenvalue weighted by atomic mass is 32.2. The van der Waals surface area contributed by atoms with Crippen molar-refractivity contribution in [2.24, 2.45) is 0 Å². The van der Waals surface area contributed by atoms with Crippen LogP contribution < -0.4 is 0 Å². The van der Waals surface area contributed by atoms with Gasteiger partial charge in [0.05, 0.1) is 5.75 Å². The second-order valence-corrected chi connectivity index (χ2v) is 6.86. The van der Waals surface area contributed by atoms with Crippen molar-refractivity contribution in [1.29, 1.82) is 0 Å². The Labute approximate surface area is 112 Å². The molecule has 5 nitrogen and oxygen atoms in total. The number of rotatable bonds is 5. The lowest BCUT2D eigenvalue weighted by atomic mass is 10.2. The second kappa shape index (κ2) is 5.52. The van der Waals surface area contributed by atoms with E-state index in [0.717, 1.165) is 5.56 Å². The van der Waals surface area contributed by atoms with Crippen molar-refractivity contribution in [1.82, 2.24) is 10.1 Å². The van der Waals surface area contributed by atoms with Crippen molar-refractivity contribution >= 4 is 9.84 Å². The van der Waals surface area contributed by atoms with Crippen LogP contribution >= 0.6 is 0 Å². The van der Waals surface area contributed by atoms with E-state index in [2.05, 4.69) is 10.1 Å². The Morgan fingerprint density at radius 1 is 1.26 bits per heavy atom. The van der Waals surface area contributed by atoms with E-state index in [4.69, 9.17) is 4.52 Å². The number of hydrogen-bond donors (Lipinski definition) is 0. The predicted molar refractivity (Wildman–Crippen MR) is 71.4 cm³/mol. The minimum absolute atomic E-state index is 0.0752. The molecule has 0 saturated heterocycles. The number of aromatic nitrogens is 2. The van der Waals surface area contributed by atoms with E-state index in [1.54, 1.807) is 13.8 Å². The molecule has 102 valence electrons. The molecule has 6 heteroatoms. The molecule has 0 radical (unpaired) electrons. The molecule has 1 atom stereocenters. The highest BCUT2D eigenvalue weighted by Gasteiger charge is 2.26. The minimum atomic E-state index is -3.28. The molecule has 1 heterocycles. The average Bonchev–Trinajstić information content (AvgIpc) is 2.83. The lowest BCUT2D eigenvalue weighted by Gasteiger charge is -2.09. The molecular weight excluding hydrogens is 264 g/mol. The van der Waals surface area contributed by atoms with E-state index in [1.165, 1.54) is 0 Å². The maximum Gasteiger partial charge on any atom is 0.223 e. The van der Waals surface area contributed by atoms with Gasteiger partial charge in [0.2, 0.25) is 5.89 Å². The van der Waals surface area contributed by atoms with Gasteiger partial charge in [0, 0.05) is 6.92 Å². The van der Waals surface area contributed by atoms with Gasteiger partial charge in [-0.1, -0.05) is 35.5 Å². The predicted octanol–water partition coefficient (Wildman–Crippen LogP) is 2.10. The van der Waals surface area contributed by atoms with Gasteiger partial charge in [-0.2, -0.15) is 4.98 Å². The summed E-state index contributed by atoms with van der Waals surface area (Å²) in [5.41, 5.74) is 1.00. The molecule has 0 aliphatic carbocycles. The number of aryl methyl sites for hydroxylation is 2. The molecule has 19 heavy (non-hydrogen) atoms. The molecule has 1 aromatic heterocycles. The zero-order valence-electron chi connectivity index (χ0n) is 10.9. The standard InChI is InChI=1S/C13H16N2O3S/c1-10(13-14-11(2)18-15-13)19(16,17)9-8-12-6-4-3-5-7-12/h3-7,10H,8-9H2,1-2H3. The van der Waals surface area contributed by atoms with E-state index in [-0.39, 0.29) is 11.6 Å². The largest absolute Gasteiger partial charge is 0.340 e. The molecule has 0 aliphatic rings. The van der Waals surface area contributed by atoms with Gasteiger partial charge in [-0.3, -0.25) is 0 Å². The summed E-state index contributed by atoms with van der Waals surface area (Å²) in [6, 6.07) is 9.53. The van der Waals surface area contributed by atoms with Crippen LogP contribution in [0.15, 0.2) is 34.9 Å². The van der Waals surface area contributed by atoms with E-state index in [1.807, 2.05) is 30.3 Å². The smallest absolute Gasteiger partial charge is 0.223 e. The third-order valence-electron chi connectivity index (χ3n) is 2.96. The second-order valence-electron chi connectivity index (χ2n) is 4.42. The Hall–Kier alpha value is -1.69. The first-order valence-electron chi connectivity index (χ1n) is 6.05. The zero-order chi connectivity index (χ0) is 13.9. The van der Waals surface area contributed by atoms with Gasteiger partial charge in [-0.05, 0) is 18.9 Å². The van der Waals surface area contributed by atoms with Crippen LogP contribution in [0, 0.1) is 6.92 Å². The molecule has 0 spiro atoms. The van der Waals surface area contributed by atoms with Crippen LogP contribution in [-0.4, -0.2) is 24.3 Å². The van der Waals surface area contributed by atoms with Crippen molar-refractivity contribution in [3.63, 3.8) is 0 Å². The van der Waals surface area contributed by atoms with Crippen LogP contribution in [0.25, 0.3) is 0 Å². The molecule has 1 aromatic carbocycles. The SMILES string of the molecule is Cc1nc(C(C)S(=O)(=O)CCc2ccccc2)no1. The fraction of sp³-hybridized carbons (Fsp3) is 0.385. The summed E-state index contributed by atoms with van der Waals surface area (Å²) in [5.74, 6) is 0.678. The third-order valence-corrected chi connectivity index (χ3v) is 5.02. The quantitative estimate of drug-likeness (QED) is 0.838. The zero-order valence-corrected chi connectivity index (χ0v) is 11.7. The van der Waals surface area contributed by atoms with Crippen molar-refractivity contribution in [2.45, 2.75) is 25.5 Å². The Bertz CT molecular complexity index is 635. The summed E-state index contributed by atoms with van der Waals surface area (Å²) in [5, 5.41) is 2.93. The maximum absolute atomic E-state index is 12.2. The summed E-state index contributed by atoms with van der Waals surface area (Å²) in [6.07, 6.45) is 0.490. The van der Waals surface area contributed by atoms with Crippen LogP contribution in [0.4, 0.5) is 0 Å². The van der Waals surface area contributed by atoms with Gasteiger partial charge in [0.25, 0.3) is 0 Å². The first kappa shape index (κ1) is 13.7. The molecule has 2 rings (SSSR count). The Balaban J connectivity index is 2.06. The first-order valence-corrected chi connectivity index (χ1v) is 7.76. The van der Waals surface area contributed by atoms with Crippen LogP contribution in [-0.2, 0) is 16.3 Å². The van der Waals surface area contributed by atoms with Gasteiger partial charge >= 0.3 is 0 Å². The van der Waals surface area contributed by atoms with Gasteiger partial charge in [-0.15, -0.1) is 0 Å². The van der Waals surface area contributed by atoms with Gasteiger partial charge < -0.3 is 4.52 Å². The van der Waals surface area contributed by atoms with E-state index in [0.29, 0.717) is 12.3 Å². The molecule has 0 aliphatic heterocycles. The summed E-state index contributed by atoms with van der Waals surface area (Å²) < 4.78 is 29.2. The maximum atomic E-state index is 12.2. The molecule has 2 aromatic rings. The highest BCUT2D eigenvalue weighted by Crippen LogP contribution is 2.20. The summed E-state index contributed by atoms with van der Waals surface area (Å²) in [7, 11) is -3.28. The minimum Gasteiger partial charge on any atom is -0.340 e. The van der Waals surface area contributed by atoms with Gasteiger partial charge in [0.1, 0.15) is 5.25 Å². The summed E-state index contributed by atoms with van der Waals surface area (Å²) in [4.78, 5) is 3.97. The lowest BCUT2D eigenvalue weighted by molar-refractivity contribution is 0.387. The van der Waals surface area contributed by atoms with E-state index in [9.17, 15) is 8.42 Å². The Kier molecular flexibility index (Phi) is 3.99. The highest BCUT2D eigenvalue weighted by molar-refractivity contribution is 7.91. The van der Waals surface area contributed by atoms with E-state index >= 15 is 0 Å². The van der Waals surface area contributed by atoms with E-state index < -0.39 is 15.1 Å². The average molecular weight is 280 g/mol. The van der Waals surface area contributed by atoms with Gasteiger partial charge in [-0.25, -0.2) is 8.42 Å². The lowest BCUT2D eigenvalue weighted by Crippen LogP contribution is -2.17. The number of hydrogen-bond acceptors (Lipinski definition) is 5. The number of benzene rings is 1. The van der Waals surface area contributed by atoms with Crippen molar-refractivity contribution in [3.05, 3.63) is 47.6 Å². The van der Waals surface area contributed by atoms with Crippen LogP contribution in [0.1, 0.15) is 29.5 Å². The molecule has 0 fully saturated rings. The Morgan fingerprint density at radius 3 is 2.53 bits per heavy atom. The molecular formula is C13H16N2O3S. The monoisotopic (exact) mass is 280 g/mol. The van der Waals surface area contributed by atoms with Crippen molar-refractivity contribution in [2.75, 3.05) is 5.75 Å². The normalized spacial score (nSPS) is 13.4. The third kappa shape index (κ3) is 3.41. The fourth-order valence-corrected chi connectivity index (χ4v) is 3.01. The first-order chi connectivity index (χ1) is 8.99.